The van der Waals surface area contributed by atoms with E-state index in [9.17, 15) is 9.59 Å². The summed E-state index contributed by atoms with van der Waals surface area (Å²) in [5, 5.41) is 9.73. The molecule has 4 rings (SSSR count). The van der Waals surface area contributed by atoms with Crippen molar-refractivity contribution in [3.63, 3.8) is 0 Å². The van der Waals surface area contributed by atoms with E-state index in [0.717, 1.165) is 17.9 Å². The number of anilines is 2. The van der Waals surface area contributed by atoms with Gasteiger partial charge in [0.15, 0.2) is 0 Å². The van der Waals surface area contributed by atoms with Crippen LogP contribution in [0.3, 0.4) is 0 Å². The first kappa shape index (κ1) is 16.4. The third-order valence-corrected chi connectivity index (χ3v) is 5.37. The van der Waals surface area contributed by atoms with Crippen LogP contribution in [0.1, 0.15) is 19.3 Å². The number of nitrogens with one attached hydrogen (secondary N) is 3. The predicted molar refractivity (Wildman–Crippen MR) is 94.5 cm³/mol. The quantitative estimate of drug-likeness (QED) is 0.739. The molecular formula is C18H24N4O3. The summed E-state index contributed by atoms with van der Waals surface area (Å²) in [5.74, 6) is 0.134. The molecule has 25 heavy (non-hydrogen) atoms. The Labute approximate surface area is 147 Å². The fraction of sp³-hybridized carbons (Fsp3) is 0.556. The smallest absolute Gasteiger partial charge is 0.250 e. The second kappa shape index (κ2) is 6.65. The molecule has 3 heterocycles. The largest absolute Gasteiger partial charge is 0.378 e. The summed E-state index contributed by atoms with van der Waals surface area (Å²) >= 11 is 0. The third kappa shape index (κ3) is 3.21. The Hall–Kier alpha value is -2.12. The number of amides is 2. The standard InChI is InChI=1S/C18H24N4O3/c23-16(11-13-12-25-10-7-19-13)22-8-5-18(6-9-22)17(24)20-14-3-1-2-4-15(14)21-18/h1-4,13,19,21H,5-12H2,(H,20,24)/t13-/m1/s1. The second-order valence-corrected chi connectivity index (χ2v) is 7.02. The molecule has 1 aromatic rings. The first-order valence-electron chi connectivity index (χ1n) is 8.94. The van der Waals surface area contributed by atoms with Crippen LogP contribution < -0.4 is 16.0 Å². The van der Waals surface area contributed by atoms with Gasteiger partial charge in [0.2, 0.25) is 11.8 Å². The van der Waals surface area contributed by atoms with E-state index in [1.165, 1.54) is 0 Å². The van der Waals surface area contributed by atoms with Crippen LogP contribution >= 0.6 is 0 Å². The predicted octanol–water partition coefficient (Wildman–Crippen LogP) is 0.790. The van der Waals surface area contributed by atoms with E-state index in [-0.39, 0.29) is 17.9 Å². The van der Waals surface area contributed by atoms with Gasteiger partial charge in [-0.1, -0.05) is 12.1 Å². The zero-order valence-corrected chi connectivity index (χ0v) is 14.2. The fourth-order valence-corrected chi connectivity index (χ4v) is 3.84. The first-order valence-corrected chi connectivity index (χ1v) is 8.94. The molecule has 1 spiro atoms. The SMILES string of the molecule is O=C(C[C@@H]1COCCN1)N1CCC2(CC1)Nc1ccccc1NC2=O. The van der Waals surface area contributed by atoms with Crippen molar-refractivity contribution < 1.29 is 14.3 Å². The lowest BCUT2D eigenvalue weighted by molar-refractivity contribution is -0.135. The zero-order valence-electron chi connectivity index (χ0n) is 14.2. The lowest BCUT2D eigenvalue weighted by Crippen LogP contribution is -2.59. The lowest BCUT2D eigenvalue weighted by Gasteiger charge is -2.44. The van der Waals surface area contributed by atoms with Crippen molar-refractivity contribution in [1.29, 1.82) is 0 Å². The molecule has 0 unspecified atom stereocenters. The number of likely N-dealkylation sites (tertiary alicyclic amines) is 1. The van der Waals surface area contributed by atoms with E-state index in [1.54, 1.807) is 0 Å². The van der Waals surface area contributed by atoms with Crippen LogP contribution in [0.4, 0.5) is 11.4 Å². The number of carbonyl (C=O) groups is 2. The number of fused-ring (bicyclic) bond motifs is 1. The van der Waals surface area contributed by atoms with Crippen molar-refractivity contribution in [1.82, 2.24) is 10.2 Å². The van der Waals surface area contributed by atoms with Gasteiger partial charge in [0.25, 0.3) is 0 Å². The summed E-state index contributed by atoms with van der Waals surface area (Å²) in [6.45, 7) is 3.28. The Bertz CT molecular complexity index is 664. The molecule has 1 aromatic carbocycles. The molecule has 2 fully saturated rings. The number of para-hydroxylation sites is 2. The van der Waals surface area contributed by atoms with Crippen LogP contribution in [0, 0.1) is 0 Å². The molecular weight excluding hydrogens is 320 g/mol. The highest BCUT2D eigenvalue weighted by atomic mass is 16.5. The Kier molecular flexibility index (Phi) is 4.35. The van der Waals surface area contributed by atoms with Gasteiger partial charge in [-0.25, -0.2) is 0 Å². The Balaban J connectivity index is 1.38. The average Bonchev–Trinajstić information content (AvgIpc) is 2.64. The molecule has 0 bridgehead atoms. The molecule has 3 aliphatic heterocycles. The fourth-order valence-electron chi connectivity index (χ4n) is 3.84. The van der Waals surface area contributed by atoms with E-state index >= 15 is 0 Å². The van der Waals surface area contributed by atoms with E-state index in [1.807, 2.05) is 29.2 Å². The van der Waals surface area contributed by atoms with Crippen LogP contribution in [0.15, 0.2) is 24.3 Å². The first-order chi connectivity index (χ1) is 12.2. The summed E-state index contributed by atoms with van der Waals surface area (Å²) < 4.78 is 5.41. The number of morpholine rings is 1. The molecule has 134 valence electrons. The molecule has 0 aromatic heterocycles. The van der Waals surface area contributed by atoms with Gasteiger partial charge >= 0.3 is 0 Å². The molecule has 3 N–H and O–H groups in total. The molecule has 2 saturated heterocycles. The normalized spacial score (nSPS) is 25.0. The third-order valence-electron chi connectivity index (χ3n) is 5.37. The van der Waals surface area contributed by atoms with Crippen molar-refractivity contribution in [3.8, 4) is 0 Å². The molecule has 7 heteroatoms. The van der Waals surface area contributed by atoms with Gasteiger partial charge in [-0.05, 0) is 25.0 Å². The molecule has 1 atom stereocenters. The molecule has 0 radical (unpaired) electrons. The molecule has 7 nitrogen and oxygen atoms in total. The van der Waals surface area contributed by atoms with Gasteiger partial charge in [0.1, 0.15) is 5.54 Å². The Morgan fingerprint density at radius 1 is 1.24 bits per heavy atom. The number of rotatable bonds is 2. The molecule has 2 amide bonds. The maximum Gasteiger partial charge on any atom is 0.250 e. The van der Waals surface area contributed by atoms with Crippen molar-refractivity contribution in [3.05, 3.63) is 24.3 Å². The summed E-state index contributed by atoms with van der Waals surface area (Å²) in [6, 6.07) is 7.83. The van der Waals surface area contributed by atoms with E-state index in [0.29, 0.717) is 45.6 Å². The minimum Gasteiger partial charge on any atom is -0.378 e. The van der Waals surface area contributed by atoms with Gasteiger partial charge < -0.3 is 25.6 Å². The number of nitrogens with zero attached hydrogens (tertiary/aromatic N) is 1. The van der Waals surface area contributed by atoms with Crippen LogP contribution in [0.5, 0.6) is 0 Å². The second-order valence-electron chi connectivity index (χ2n) is 7.02. The topological polar surface area (TPSA) is 82.7 Å². The zero-order chi connectivity index (χ0) is 17.3. The minimum atomic E-state index is -0.614. The minimum absolute atomic E-state index is 0.000598. The average molecular weight is 344 g/mol. The van der Waals surface area contributed by atoms with E-state index in [2.05, 4.69) is 16.0 Å². The van der Waals surface area contributed by atoms with Gasteiger partial charge in [-0.2, -0.15) is 0 Å². The highest BCUT2D eigenvalue weighted by Crippen LogP contribution is 2.36. The van der Waals surface area contributed by atoms with Crippen molar-refractivity contribution in [2.24, 2.45) is 0 Å². The summed E-state index contributed by atoms with van der Waals surface area (Å²) in [4.78, 5) is 27.0. The van der Waals surface area contributed by atoms with E-state index in [4.69, 9.17) is 4.74 Å². The van der Waals surface area contributed by atoms with Crippen LogP contribution in [0.25, 0.3) is 0 Å². The van der Waals surface area contributed by atoms with Crippen molar-refractivity contribution in [2.45, 2.75) is 30.8 Å². The summed E-state index contributed by atoms with van der Waals surface area (Å²) in [7, 11) is 0. The number of ether oxygens (including phenoxy) is 1. The highest BCUT2D eigenvalue weighted by molar-refractivity contribution is 6.06. The summed E-state index contributed by atoms with van der Waals surface area (Å²) in [5.41, 5.74) is 1.16. The van der Waals surface area contributed by atoms with E-state index < -0.39 is 5.54 Å². The molecule has 0 aliphatic carbocycles. The maximum atomic E-state index is 12.6. The number of carbonyl (C=O) groups excluding carboxylic acids is 2. The molecule has 3 aliphatic rings. The van der Waals surface area contributed by atoms with Crippen LogP contribution in [0.2, 0.25) is 0 Å². The van der Waals surface area contributed by atoms with Gasteiger partial charge in [-0.3, -0.25) is 9.59 Å². The monoisotopic (exact) mass is 344 g/mol. The van der Waals surface area contributed by atoms with Gasteiger partial charge in [0.05, 0.1) is 24.6 Å². The number of benzene rings is 1. The van der Waals surface area contributed by atoms with Gasteiger partial charge in [-0.15, -0.1) is 0 Å². The lowest BCUT2D eigenvalue weighted by atomic mass is 9.84. The number of hydrogen-bond donors (Lipinski definition) is 3. The number of piperidine rings is 1. The Morgan fingerprint density at radius 2 is 2.00 bits per heavy atom. The van der Waals surface area contributed by atoms with Gasteiger partial charge in [0, 0.05) is 32.1 Å². The van der Waals surface area contributed by atoms with Crippen molar-refractivity contribution in [2.75, 3.05) is 43.5 Å². The highest BCUT2D eigenvalue weighted by Gasteiger charge is 2.45. The Morgan fingerprint density at radius 3 is 2.72 bits per heavy atom. The summed E-state index contributed by atoms with van der Waals surface area (Å²) in [6.07, 6.45) is 1.69. The molecule has 0 saturated carbocycles. The van der Waals surface area contributed by atoms with Crippen LogP contribution in [-0.2, 0) is 14.3 Å². The maximum absolute atomic E-state index is 12.6. The van der Waals surface area contributed by atoms with Crippen LogP contribution in [-0.4, -0.2) is 61.1 Å². The van der Waals surface area contributed by atoms with Crippen molar-refractivity contribution >= 4 is 23.2 Å². The number of hydrogen-bond acceptors (Lipinski definition) is 5.